The lowest BCUT2D eigenvalue weighted by Crippen LogP contribution is -2.23. The molecular weight excluding hydrogens is 336 g/mol. The van der Waals surface area contributed by atoms with E-state index in [-0.39, 0.29) is 5.91 Å². The molecule has 5 nitrogen and oxygen atoms in total. The minimum absolute atomic E-state index is 0.0750. The maximum atomic E-state index is 12.7. The Morgan fingerprint density at radius 1 is 1.07 bits per heavy atom. The van der Waals surface area contributed by atoms with Gasteiger partial charge in [-0.2, -0.15) is 0 Å². The zero-order chi connectivity index (χ0) is 18.8. The number of anilines is 1. The number of hydrogen-bond acceptors (Lipinski definition) is 4. The second-order valence-corrected chi connectivity index (χ2v) is 7.24. The Kier molecular flexibility index (Phi) is 4.75. The molecular formula is C22H24N4O. The van der Waals surface area contributed by atoms with Gasteiger partial charge >= 0.3 is 0 Å². The average molecular weight is 360 g/mol. The van der Waals surface area contributed by atoms with E-state index >= 15 is 0 Å². The lowest BCUT2D eigenvalue weighted by molar-refractivity contribution is 0.0951. The molecule has 0 spiro atoms. The van der Waals surface area contributed by atoms with Gasteiger partial charge in [-0.05, 0) is 56.0 Å². The quantitative estimate of drug-likeness (QED) is 0.769. The SMILES string of the molecule is Cc1ccc(C)c(CNC(=O)c2ccc3ncnc(N4CCCC4)c3c2)c1. The zero-order valence-electron chi connectivity index (χ0n) is 15.8. The standard InChI is InChI=1S/C22H24N4O/c1-15-5-6-16(2)18(11-15)13-23-22(27)17-7-8-20-19(12-17)21(25-14-24-20)26-9-3-4-10-26/h5-8,11-12,14H,3-4,9-10,13H2,1-2H3,(H,23,27). The van der Waals surface area contributed by atoms with Crippen molar-refractivity contribution in [1.29, 1.82) is 0 Å². The van der Waals surface area contributed by atoms with Gasteiger partial charge in [-0.1, -0.05) is 23.8 Å². The summed E-state index contributed by atoms with van der Waals surface area (Å²) in [6.45, 7) is 6.67. The number of carbonyl (C=O) groups excluding carboxylic acids is 1. The first-order chi connectivity index (χ1) is 13.1. The molecule has 1 aromatic heterocycles. The maximum absolute atomic E-state index is 12.7. The van der Waals surface area contributed by atoms with Crippen LogP contribution in [-0.2, 0) is 6.54 Å². The molecule has 3 aromatic rings. The van der Waals surface area contributed by atoms with Gasteiger partial charge < -0.3 is 10.2 Å². The van der Waals surface area contributed by atoms with Crippen molar-refractivity contribution >= 4 is 22.6 Å². The Labute approximate surface area is 159 Å². The molecule has 0 aliphatic carbocycles. The van der Waals surface area contributed by atoms with E-state index in [1.807, 2.05) is 18.2 Å². The lowest BCUT2D eigenvalue weighted by Gasteiger charge is -2.18. The van der Waals surface area contributed by atoms with E-state index in [0.717, 1.165) is 35.4 Å². The third-order valence-corrected chi connectivity index (χ3v) is 5.23. The number of carbonyl (C=O) groups is 1. The zero-order valence-corrected chi connectivity index (χ0v) is 15.8. The summed E-state index contributed by atoms with van der Waals surface area (Å²) >= 11 is 0. The van der Waals surface area contributed by atoms with E-state index in [2.05, 4.69) is 52.2 Å². The van der Waals surface area contributed by atoms with Gasteiger partial charge in [0.2, 0.25) is 0 Å². The van der Waals surface area contributed by atoms with Crippen LogP contribution in [0.15, 0.2) is 42.7 Å². The van der Waals surface area contributed by atoms with E-state index in [1.54, 1.807) is 6.33 Å². The highest BCUT2D eigenvalue weighted by Gasteiger charge is 2.17. The average Bonchev–Trinajstić information content (AvgIpc) is 3.22. The first-order valence-electron chi connectivity index (χ1n) is 9.46. The number of hydrogen-bond donors (Lipinski definition) is 1. The molecule has 4 rings (SSSR count). The highest BCUT2D eigenvalue weighted by Crippen LogP contribution is 2.26. The highest BCUT2D eigenvalue weighted by atomic mass is 16.1. The summed E-state index contributed by atoms with van der Waals surface area (Å²) in [4.78, 5) is 23.9. The monoisotopic (exact) mass is 360 g/mol. The normalized spacial score (nSPS) is 13.9. The fourth-order valence-corrected chi connectivity index (χ4v) is 3.63. The molecule has 27 heavy (non-hydrogen) atoms. The Morgan fingerprint density at radius 3 is 2.70 bits per heavy atom. The number of benzene rings is 2. The Bertz CT molecular complexity index is 993. The first-order valence-corrected chi connectivity index (χ1v) is 9.46. The fraction of sp³-hybridized carbons (Fsp3) is 0.318. The van der Waals surface area contributed by atoms with Crippen LogP contribution in [0.5, 0.6) is 0 Å². The first kappa shape index (κ1) is 17.5. The largest absolute Gasteiger partial charge is 0.356 e. The van der Waals surface area contributed by atoms with Gasteiger partial charge in [-0.3, -0.25) is 4.79 Å². The molecule has 2 aromatic carbocycles. The van der Waals surface area contributed by atoms with E-state index in [4.69, 9.17) is 0 Å². The van der Waals surface area contributed by atoms with Crippen LogP contribution in [0.3, 0.4) is 0 Å². The molecule has 138 valence electrons. The molecule has 1 fully saturated rings. The predicted molar refractivity (Wildman–Crippen MR) is 108 cm³/mol. The molecule has 0 unspecified atom stereocenters. The van der Waals surface area contributed by atoms with Crippen LogP contribution in [0.2, 0.25) is 0 Å². The summed E-state index contributed by atoms with van der Waals surface area (Å²) in [5, 5.41) is 3.99. The van der Waals surface area contributed by atoms with Crippen LogP contribution < -0.4 is 10.2 Å². The van der Waals surface area contributed by atoms with E-state index in [9.17, 15) is 4.79 Å². The van der Waals surface area contributed by atoms with Crippen molar-refractivity contribution in [3.63, 3.8) is 0 Å². The molecule has 1 aliphatic rings. The third-order valence-electron chi connectivity index (χ3n) is 5.23. The van der Waals surface area contributed by atoms with Gasteiger partial charge in [-0.25, -0.2) is 9.97 Å². The number of fused-ring (bicyclic) bond motifs is 1. The third kappa shape index (κ3) is 3.63. The highest BCUT2D eigenvalue weighted by molar-refractivity contribution is 6.00. The van der Waals surface area contributed by atoms with Crippen molar-refractivity contribution in [1.82, 2.24) is 15.3 Å². The van der Waals surface area contributed by atoms with Crippen LogP contribution in [0.4, 0.5) is 5.82 Å². The topological polar surface area (TPSA) is 58.1 Å². The molecule has 1 aliphatic heterocycles. The van der Waals surface area contributed by atoms with Crippen molar-refractivity contribution < 1.29 is 4.79 Å². The fourth-order valence-electron chi connectivity index (χ4n) is 3.63. The van der Waals surface area contributed by atoms with Gasteiger partial charge in [0.1, 0.15) is 12.1 Å². The number of amides is 1. The molecule has 2 heterocycles. The van der Waals surface area contributed by atoms with E-state index in [1.165, 1.54) is 24.0 Å². The molecule has 0 bridgehead atoms. The molecule has 1 amide bonds. The summed E-state index contributed by atoms with van der Waals surface area (Å²) in [7, 11) is 0. The summed E-state index contributed by atoms with van der Waals surface area (Å²) in [5.74, 6) is 0.857. The summed E-state index contributed by atoms with van der Waals surface area (Å²) in [5.41, 5.74) is 5.04. The van der Waals surface area contributed by atoms with Gasteiger partial charge in [0.05, 0.1) is 5.52 Å². The number of rotatable bonds is 4. The summed E-state index contributed by atoms with van der Waals surface area (Å²) < 4.78 is 0. The Hall–Kier alpha value is -2.95. The summed E-state index contributed by atoms with van der Waals surface area (Å²) in [6.07, 6.45) is 3.97. The molecule has 0 atom stereocenters. The van der Waals surface area contributed by atoms with Crippen LogP contribution in [0.25, 0.3) is 10.9 Å². The molecule has 1 N–H and O–H groups in total. The van der Waals surface area contributed by atoms with Gasteiger partial charge in [0, 0.05) is 30.6 Å². The van der Waals surface area contributed by atoms with E-state index in [0.29, 0.717) is 12.1 Å². The predicted octanol–water partition coefficient (Wildman–Crippen LogP) is 3.78. The number of nitrogens with one attached hydrogen (secondary N) is 1. The number of nitrogens with zero attached hydrogens (tertiary/aromatic N) is 3. The number of aromatic nitrogens is 2. The van der Waals surface area contributed by atoms with Gasteiger partial charge in [0.25, 0.3) is 5.91 Å². The van der Waals surface area contributed by atoms with E-state index < -0.39 is 0 Å². The lowest BCUT2D eigenvalue weighted by atomic mass is 10.1. The minimum atomic E-state index is -0.0750. The molecule has 0 saturated carbocycles. The van der Waals surface area contributed by atoms with Crippen molar-refractivity contribution in [2.75, 3.05) is 18.0 Å². The number of aryl methyl sites for hydroxylation is 2. The minimum Gasteiger partial charge on any atom is -0.356 e. The second-order valence-electron chi connectivity index (χ2n) is 7.24. The maximum Gasteiger partial charge on any atom is 0.251 e. The smallest absolute Gasteiger partial charge is 0.251 e. The van der Waals surface area contributed by atoms with Crippen molar-refractivity contribution in [3.8, 4) is 0 Å². The van der Waals surface area contributed by atoms with Crippen LogP contribution in [-0.4, -0.2) is 29.0 Å². The van der Waals surface area contributed by atoms with Crippen LogP contribution in [0.1, 0.15) is 39.9 Å². The van der Waals surface area contributed by atoms with Crippen molar-refractivity contribution in [2.45, 2.75) is 33.2 Å². The summed E-state index contributed by atoms with van der Waals surface area (Å²) in [6, 6.07) is 12.0. The van der Waals surface area contributed by atoms with Gasteiger partial charge in [0.15, 0.2) is 0 Å². The molecule has 1 saturated heterocycles. The van der Waals surface area contributed by atoms with Crippen molar-refractivity contribution in [3.05, 3.63) is 65.0 Å². The van der Waals surface area contributed by atoms with Gasteiger partial charge in [-0.15, -0.1) is 0 Å². The Morgan fingerprint density at radius 2 is 1.89 bits per heavy atom. The van der Waals surface area contributed by atoms with Crippen LogP contribution in [0, 0.1) is 13.8 Å². The van der Waals surface area contributed by atoms with Crippen molar-refractivity contribution in [2.24, 2.45) is 0 Å². The van der Waals surface area contributed by atoms with Crippen LogP contribution >= 0.6 is 0 Å². The Balaban J connectivity index is 1.58. The second kappa shape index (κ2) is 7.35. The molecule has 5 heteroatoms. The molecule has 0 radical (unpaired) electrons.